The van der Waals surface area contributed by atoms with Crippen molar-refractivity contribution in [1.29, 1.82) is 0 Å². The van der Waals surface area contributed by atoms with Crippen LogP contribution in [0.25, 0.3) is 11.1 Å². The van der Waals surface area contributed by atoms with Crippen LogP contribution in [-0.2, 0) is 22.2 Å². The number of aryl methyl sites for hydroxylation is 2. The maximum Gasteiger partial charge on any atom is 0.494 e. The first-order valence-electron chi connectivity index (χ1n) is 16.0. The van der Waals surface area contributed by atoms with Crippen LogP contribution >= 0.6 is 0 Å². The van der Waals surface area contributed by atoms with E-state index in [-0.39, 0.29) is 24.2 Å². The van der Waals surface area contributed by atoms with Gasteiger partial charge in [-0.05, 0) is 97.8 Å². The molecular formula is C37H49BO2. The molecule has 3 aromatic rings. The molecule has 2 nitrogen and oxygen atoms in total. The summed E-state index contributed by atoms with van der Waals surface area (Å²) in [4.78, 5) is 0. The van der Waals surface area contributed by atoms with Crippen LogP contribution in [0.15, 0.2) is 60.7 Å². The molecule has 0 bridgehead atoms. The van der Waals surface area contributed by atoms with Crippen LogP contribution in [0, 0.1) is 0 Å². The minimum Gasteiger partial charge on any atom is -0.399 e. The molecule has 0 aromatic heterocycles. The van der Waals surface area contributed by atoms with Crippen molar-refractivity contribution >= 4 is 12.6 Å². The Morgan fingerprint density at radius 3 is 1.80 bits per heavy atom. The maximum atomic E-state index is 6.47. The van der Waals surface area contributed by atoms with Crippen LogP contribution < -0.4 is 5.46 Å². The van der Waals surface area contributed by atoms with Gasteiger partial charge in [0, 0.05) is 5.92 Å². The summed E-state index contributed by atoms with van der Waals surface area (Å²) in [5, 5.41) is 0. The van der Waals surface area contributed by atoms with Gasteiger partial charge in [-0.15, -0.1) is 0 Å². The molecule has 1 saturated heterocycles. The van der Waals surface area contributed by atoms with Gasteiger partial charge in [0.05, 0.1) is 11.2 Å². The predicted molar refractivity (Wildman–Crippen MR) is 171 cm³/mol. The van der Waals surface area contributed by atoms with E-state index in [0.29, 0.717) is 0 Å². The lowest BCUT2D eigenvalue weighted by atomic mass is 9.76. The minimum absolute atomic E-state index is 0.235. The van der Waals surface area contributed by atoms with Crippen molar-refractivity contribution in [3.8, 4) is 11.1 Å². The van der Waals surface area contributed by atoms with Crippen LogP contribution in [0.4, 0.5) is 0 Å². The maximum absolute atomic E-state index is 6.47. The molecule has 0 saturated carbocycles. The fourth-order valence-corrected chi connectivity index (χ4v) is 6.47. The molecule has 0 N–H and O–H groups in total. The molecule has 0 spiro atoms. The van der Waals surface area contributed by atoms with E-state index in [0.717, 1.165) is 5.46 Å². The van der Waals surface area contributed by atoms with E-state index in [4.69, 9.17) is 9.31 Å². The highest BCUT2D eigenvalue weighted by Gasteiger charge is 2.52. The summed E-state index contributed by atoms with van der Waals surface area (Å²) < 4.78 is 12.9. The summed E-state index contributed by atoms with van der Waals surface area (Å²) in [6.07, 6.45) is 12.7. The first-order valence-corrected chi connectivity index (χ1v) is 16.0. The number of hydrogen-bond acceptors (Lipinski definition) is 2. The van der Waals surface area contributed by atoms with Crippen molar-refractivity contribution in [2.24, 2.45) is 0 Å². The average Bonchev–Trinajstić information content (AvgIpc) is 3.38. The van der Waals surface area contributed by atoms with Crippen molar-refractivity contribution in [2.45, 2.75) is 123 Å². The molecule has 0 amide bonds. The zero-order chi connectivity index (χ0) is 28.3. The lowest BCUT2D eigenvalue weighted by molar-refractivity contribution is 0.00578. The van der Waals surface area contributed by atoms with Gasteiger partial charge in [-0.2, -0.15) is 0 Å². The molecular weight excluding hydrogens is 487 g/mol. The topological polar surface area (TPSA) is 18.5 Å². The molecule has 5 rings (SSSR count). The monoisotopic (exact) mass is 536 g/mol. The summed E-state index contributed by atoms with van der Waals surface area (Å²) in [5.74, 6) is 0.235. The van der Waals surface area contributed by atoms with Gasteiger partial charge in [-0.1, -0.05) is 113 Å². The van der Waals surface area contributed by atoms with Crippen molar-refractivity contribution < 1.29 is 9.31 Å². The second-order valence-corrected chi connectivity index (χ2v) is 13.2. The molecule has 1 aliphatic heterocycles. The Balaban J connectivity index is 1.53. The molecule has 1 aliphatic carbocycles. The molecule has 2 aliphatic rings. The van der Waals surface area contributed by atoms with Gasteiger partial charge in [-0.25, -0.2) is 0 Å². The van der Waals surface area contributed by atoms with Crippen molar-refractivity contribution in [2.75, 3.05) is 0 Å². The third-order valence-corrected chi connectivity index (χ3v) is 9.52. The van der Waals surface area contributed by atoms with Gasteiger partial charge in [-0.3, -0.25) is 0 Å². The van der Waals surface area contributed by atoms with E-state index < -0.39 is 0 Å². The van der Waals surface area contributed by atoms with E-state index in [1.807, 2.05) is 0 Å². The molecule has 0 radical (unpaired) electrons. The SMILES string of the molecule is CCCCCCc1cc(CCCCCC)cc(C2c3ccccc3-c3ccc(B4OC(C)(C)C(C)(C)O4)cc32)c1. The second kappa shape index (κ2) is 12.3. The molecule has 1 heterocycles. The quantitative estimate of drug-likeness (QED) is 0.133. The molecule has 3 aromatic carbocycles. The Labute approximate surface area is 244 Å². The highest BCUT2D eigenvalue weighted by molar-refractivity contribution is 6.62. The minimum atomic E-state index is -0.349. The summed E-state index contributed by atoms with van der Waals surface area (Å²) in [5.41, 5.74) is 10.4. The van der Waals surface area contributed by atoms with Crippen molar-refractivity contribution in [3.63, 3.8) is 0 Å². The lowest BCUT2D eigenvalue weighted by Crippen LogP contribution is -2.41. The van der Waals surface area contributed by atoms with Crippen LogP contribution in [0.3, 0.4) is 0 Å². The molecule has 212 valence electrons. The number of unbranched alkanes of at least 4 members (excludes halogenated alkanes) is 6. The smallest absolute Gasteiger partial charge is 0.399 e. The third kappa shape index (κ3) is 5.97. The standard InChI is InChI=1S/C37H49BO2/c1-7-9-11-13-17-27-23-28(18-14-12-10-8-2)25-29(24-27)35-33-20-16-15-19-31(33)32-22-21-30(26-34(32)35)38-39-36(3,4)37(5,6)40-38/h15-16,19-26,35H,7-14,17-18H2,1-6H3. The zero-order valence-electron chi connectivity index (χ0n) is 25.8. The average molecular weight is 537 g/mol. The first kappa shape index (κ1) is 29.1. The Morgan fingerprint density at radius 1 is 0.625 bits per heavy atom. The highest BCUT2D eigenvalue weighted by atomic mass is 16.7. The van der Waals surface area contributed by atoms with Crippen molar-refractivity contribution in [1.82, 2.24) is 0 Å². The van der Waals surface area contributed by atoms with Crippen molar-refractivity contribution in [3.05, 3.63) is 88.5 Å². The Hall–Kier alpha value is -2.36. The Bertz CT molecular complexity index is 1260. The van der Waals surface area contributed by atoms with Crippen LogP contribution in [0.1, 0.15) is 127 Å². The van der Waals surface area contributed by atoms with E-state index >= 15 is 0 Å². The van der Waals surface area contributed by atoms with Crippen LogP contribution in [0.2, 0.25) is 0 Å². The van der Waals surface area contributed by atoms with E-state index in [1.165, 1.54) is 103 Å². The molecule has 3 heteroatoms. The zero-order valence-corrected chi connectivity index (χ0v) is 25.8. The van der Waals surface area contributed by atoms with E-state index in [9.17, 15) is 0 Å². The molecule has 1 fully saturated rings. The second-order valence-electron chi connectivity index (χ2n) is 13.2. The van der Waals surface area contributed by atoms with Gasteiger partial charge in [0.2, 0.25) is 0 Å². The van der Waals surface area contributed by atoms with E-state index in [2.05, 4.69) is 102 Å². The predicted octanol–water partition coefficient (Wildman–Crippen LogP) is 9.39. The van der Waals surface area contributed by atoms with Crippen LogP contribution in [-0.4, -0.2) is 18.3 Å². The fourth-order valence-electron chi connectivity index (χ4n) is 6.47. The third-order valence-electron chi connectivity index (χ3n) is 9.52. The summed E-state index contributed by atoms with van der Waals surface area (Å²) >= 11 is 0. The van der Waals surface area contributed by atoms with E-state index in [1.54, 1.807) is 0 Å². The fraction of sp³-hybridized carbons (Fsp3) is 0.514. The Kier molecular flexibility index (Phi) is 8.93. The summed E-state index contributed by atoms with van der Waals surface area (Å²) in [6.45, 7) is 13.1. The summed E-state index contributed by atoms with van der Waals surface area (Å²) in [7, 11) is -0.348. The van der Waals surface area contributed by atoms with Gasteiger partial charge >= 0.3 is 7.12 Å². The number of benzene rings is 3. The van der Waals surface area contributed by atoms with Crippen LogP contribution in [0.5, 0.6) is 0 Å². The largest absolute Gasteiger partial charge is 0.494 e. The Morgan fingerprint density at radius 2 is 1.20 bits per heavy atom. The van der Waals surface area contributed by atoms with Gasteiger partial charge < -0.3 is 9.31 Å². The number of rotatable bonds is 12. The number of hydrogen-bond donors (Lipinski definition) is 0. The number of fused-ring (bicyclic) bond motifs is 3. The highest BCUT2D eigenvalue weighted by Crippen LogP contribution is 2.48. The normalized spacial score (nSPS) is 18.6. The molecule has 40 heavy (non-hydrogen) atoms. The van der Waals surface area contributed by atoms with Gasteiger partial charge in [0.25, 0.3) is 0 Å². The summed E-state index contributed by atoms with van der Waals surface area (Å²) in [6, 6.07) is 23.4. The van der Waals surface area contributed by atoms with Gasteiger partial charge in [0.15, 0.2) is 0 Å². The molecule has 1 atom stereocenters. The molecule has 1 unspecified atom stereocenters. The first-order chi connectivity index (χ1) is 19.2. The lowest BCUT2D eigenvalue weighted by Gasteiger charge is -2.32. The van der Waals surface area contributed by atoms with Gasteiger partial charge in [0.1, 0.15) is 0 Å².